The van der Waals surface area contributed by atoms with Gasteiger partial charge in [0.05, 0.1) is 11.6 Å². The molecule has 0 aliphatic heterocycles. The highest BCUT2D eigenvalue weighted by atomic mass is 16.3. The molecular formula is C24H29N3O7. The van der Waals surface area contributed by atoms with E-state index in [4.69, 9.17) is 5.73 Å². The summed E-state index contributed by atoms with van der Waals surface area (Å²) in [5.41, 5.74) is 3.25. The summed E-state index contributed by atoms with van der Waals surface area (Å²) in [4.78, 5) is 42.2. The molecule has 0 spiro atoms. The maximum absolute atomic E-state index is 13.6. The number of benzene rings is 1. The summed E-state index contributed by atoms with van der Waals surface area (Å²) < 4.78 is 0. The lowest BCUT2D eigenvalue weighted by molar-refractivity contribution is -0.148. The number of hydrogen-bond acceptors (Lipinski definition) is 9. The zero-order valence-electron chi connectivity index (χ0n) is 19.5. The van der Waals surface area contributed by atoms with Crippen LogP contribution < -0.4 is 5.73 Å². The first-order chi connectivity index (χ1) is 15.8. The van der Waals surface area contributed by atoms with Crippen molar-refractivity contribution in [3.05, 3.63) is 51.5 Å². The summed E-state index contributed by atoms with van der Waals surface area (Å²) in [6.07, 6.45) is 0.356. The van der Waals surface area contributed by atoms with Gasteiger partial charge in [0.25, 0.3) is 5.91 Å². The number of Topliss-reactive ketones (excluding diaryl/α,β-unsaturated/α-hetero) is 2. The highest BCUT2D eigenvalue weighted by Gasteiger charge is 2.63. The lowest BCUT2D eigenvalue weighted by Gasteiger charge is -2.50. The van der Waals surface area contributed by atoms with Crippen molar-refractivity contribution in [2.45, 2.75) is 31.0 Å². The molecule has 3 aliphatic rings. The summed E-state index contributed by atoms with van der Waals surface area (Å²) in [6.45, 7) is 0.519. The third kappa shape index (κ3) is 3.17. The smallest absolute Gasteiger partial charge is 0.255 e. The van der Waals surface area contributed by atoms with Crippen LogP contribution in [0.1, 0.15) is 27.9 Å². The van der Waals surface area contributed by atoms with Gasteiger partial charge in [0.1, 0.15) is 22.8 Å². The quantitative estimate of drug-likeness (QED) is 0.385. The third-order valence-electron chi connectivity index (χ3n) is 7.19. The molecule has 0 aromatic heterocycles. The second-order valence-corrected chi connectivity index (χ2v) is 9.80. The number of primary amides is 1. The van der Waals surface area contributed by atoms with E-state index in [-0.39, 0.29) is 29.7 Å². The Labute approximate surface area is 196 Å². The van der Waals surface area contributed by atoms with Crippen LogP contribution in [-0.2, 0) is 22.6 Å². The Balaban J connectivity index is 1.95. The molecule has 4 unspecified atom stereocenters. The molecule has 6 N–H and O–H groups in total. The molecule has 4 atom stereocenters. The summed E-state index contributed by atoms with van der Waals surface area (Å²) in [7, 11) is 6.95. The predicted molar refractivity (Wildman–Crippen MR) is 121 cm³/mol. The first kappa shape index (κ1) is 23.9. The fourth-order valence-corrected chi connectivity index (χ4v) is 5.80. The number of aliphatic hydroxyl groups is 3. The zero-order valence-corrected chi connectivity index (χ0v) is 19.5. The number of phenolic OH excluding ortho intramolecular Hbond substituents is 1. The van der Waals surface area contributed by atoms with Crippen molar-refractivity contribution < 1.29 is 34.8 Å². The summed E-state index contributed by atoms with van der Waals surface area (Å²) >= 11 is 0. The molecule has 1 amide bonds. The molecule has 3 aliphatic carbocycles. The van der Waals surface area contributed by atoms with E-state index in [1.54, 1.807) is 20.2 Å². The van der Waals surface area contributed by atoms with E-state index < -0.39 is 58.0 Å². The number of phenols is 1. The van der Waals surface area contributed by atoms with Gasteiger partial charge in [0.15, 0.2) is 11.4 Å². The lowest BCUT2D eigenvalue weighted by atomic mass is 9.58. The van der Waals surface area contributed by atoms with Gasteiger partial charge in [-0.2, -0.15) is 0 Å². The highest BCUT2D eigenvalue weighted by molar-refractivity contribution is 6.24. The van der Waals surface area contributed by atoms with Gasteiger partial charge in [0.2, 0.25) is 5.78 Å². The van der Waals surface area contributed by atoms with E-state index in [0.29, 0.717) is 12.1 Å². The number of aliphatic hydroxyl groups excluding tert-OH is 2. The number of nitrogens with two attached hydrogens (primary N) is 1. The average Bonchev–Trinajstić information content (AvgIpc) is 2.72. The maximum atomic E-state index is 13.6. The molecular weight excluding hydrogens is 442 g/mol. The molecule has 34 heavy (non-hydrogen) atoms. The number of aromatic hydroxyl groups is 1. The van der Waals surface area contributed by atoms with E-state index in [2.05, 4.69) is 0 Å². The van der Waals surface area contributed by atoms with Crippen LogP contribution in [0.4, 0.5) is 0 Å². The van der Waals surface area contributed by atoms with Crippen molar-refractivity contribution in [2.75, 3.05) is 28.2 Å². The number of hydrogen-bond donors (Lipinski definition) is 5. The number of carbonyl (C=O) groups is 3. The Bertz CT molecular complexity index is 1180. The van der Waals surface area contributed by atoms with Crippen molar-refractivity contribution in [3.63, 3.8) is 0 Å². The van der Waals surface area contributed by atoms with Crippen LogP contribution in [0.15, 0.2) is 34.8 Å². The average molecular weight is 472 g/mol. The Morgan fingerprint density at radius 1 is 1.15 bits per heavy atom. The van der Waals surface area contributed by atoms with Gasteiger partial charge in [-0.05, 0) is 64.1 Å². The maximum Gasteiger partial charge on any atom is 0.255 e. The molecule has 0 saturated heterocycles. The van der Waals surface area contributed by atoms with Gasteiger partial charge in [-0.1, -0.05) is 6.07 Å². The summed E-state index contributed by atoms with van der Waals surface area (Å²) in [5.74, 6) is -6.47. The van der Waals surface area contributed by atoms with Crippen LogP contribution in [-0.4, -0.2) is 87.5 Å². The second-order valence-electron chi connectivity index (χ2n) is 9.80. The van der Waals surface area contributed by atoms with Gasteiger partial charge >= 0.3 is 0 Å². The minimum absolute atomic E-state index is 0.0279. The standard InChI is InChI=1S/C24H29N3O7/c1-26(2)9-10-5-6-14(28)16-12(10)7-11-8-13-18(27(3)4)20(30)17(23(25)33)22(32)24(13,34)21(31)15(11)19(16)29/h5-6,11,13,18,28,30-31,34H,7-9H2,1-4H3,(H2,25,33). The van der Waals surface area contributed by atoms with Gasteiger partial charge in [-0.15, -0.1) is 0 Å². The fraction of sp³-hybridized carbons (Fsp3) is 0.458. The molecule has 4 rings (SSSR count). The van der Waals surface area contributed by atoms with E-state index in [1.807, 2.05) is 19.0 Å². The van der Waals surface area contributed by atoms with Gasteiger partial charge in [0, 0.05) is 18.0 Å². The number of ketones is 2. The van der Waals surface area contributed by atoms with Crippen LogP contribution in [0.5, 0.6) is 5.75 Å². The topological polar surface area (TPSA) is 165 Å². The SMILES string of the molecule is CN(C)Cc1ccc(O)c2c1CC1CC3C(N(C)C)C(O)=C(C(N)=O)C(=O)C3(O)C(O)=C1C2=O. The summed E-state index contributed by atoms with van der Waals surface area (Å²) in [6, 6.07) is 2.15. The second kappa shape index (κ2) is 7.93. The van der Waals surface area contributed by atoms with Gasteiger partial charge in [-0.3, -0.25) is 19.3 Å². The molecule has 10 nitrogen and oxygen atoms in total. The first-order valence-electron chi connectivity index (χ1n) is 11.0. The number of allylic oxidation sites excluding steroid dienone is 1. The normalized spacial score (nSPS) is 28.9. The van der Waals surface area contributed by atoms with E-state index in [1.165, 1.54) is 11.0 Å². The number of rotatable bonds is 4. The Hall–Kier alpha value is -3.21. The van der Waals surface area contributed by atoms with Crippen LogP contribution in [0.2, 0.25) is 0 Å². The van der Waals surface area contributed by atoms with Crippen molar-refractivity contribution in [1.82, 2.24) is 9.80 Å². The number of amides is 1. The molecule has 1 aromatic rings. The zero-order chi connectivity index (χ0) is 25.3. The number of fused-ring (bicyclic) bond motifs is 3. The van der Waals surface area contributed by atoms with E-state index in [9.17, 15) is 34.8 Å². The van der Waals surface area contributed by atoms with Crippen molar-refractivity contribution in [1.29, 1.82) is 0 Å². The van der Waals surface area contributed by atoms with Crippen molar-refractivity contribution in [2.24, 2.45) is 17.6 Å². The molecule has 10 heteroatoms. The molecule has 1 aromatic carbocycles. The number of carbonyl (C=O) groups excluding carboxylic acids is 3. The largest absolute Gasteiger partial charge is 0.510 e. The molecule has 182 valence electrons. The number of nitrogens with zero attached hydrogens (tertiary/aromatic N) is 2. The van der Waals surface area contributed by atoms with Crippen LogP contribution in [0, 0.1) is 11.8 Å². The van der Waals surface area contributed by atoms with Crippen molar-refractivity contribution >= 4 is 17.5 Å². The van der Waals surface area contributed by atoms with E-state index >= 15 is 0 Å². The number of likely N-dealkylation sites (N-methyl/N-ethyl adjacent to an activating group) is 1. The van der Waals surface area contributed by atoms with Crippen molar-refractivity contribution in [3.8, 4) is 5.75 Å². The minimum atomic E-state index is -2.62. The van der Waals surface area contributed by atoms with Crippen LogP contribution >= 0.6 is 0 Å². The molecule has 0 heterocycles. The van der Waals surface area contributed by atoms with Crippen LogP contribution in [0.3, 0.4) is 0 Å². The fourth-order valence-electron chi connectivity index (χ4n) is 5.80. The molecule has 0 saturated carbocycles. The first-order valence-corrected chi connectivity index (χ1v) is 11.0. The lowest BCUT2D eigenvalue weighted by Crippen LogP contribution is -2.63. The third-order valence-corrected chi connectivity index (χ3v) is 7.19. The van der Waals surface area contributed by atoms with Gasteiger partial charge < -0.3 is 31.1 Å². The van der Waals surface area contributed by atoms with Crippen LogP contribution in [0.25, 0.3) is 0 Å². The van der Waals surface area contributed by atoms with E-state index in [0.717, 1.165) is 5.56 Å². The molecule has 0 radical (unpaired) electrons. The monoisotopic (exact) mass is 471 g/mol. The van der Waals surface area contributed by atoms with Gasteiger partial charge in [-0.25, -0.2) is 0 Å². The minimum Gasteiger partial charge on any atom is -0.510 e. The Kier molecular flexibility index (Phi) is 5.58. The molecule has 0 bridgehead atoms. The predicted octanol–water partition coefficient (Wildman–Crippen LogP) is 0.182. The molecule has 0 fully saturated rings. The Morgan fingerprint density at radius 2 is 1.79 bits per heavy atom. The summed E-state index contributed by atoms with van der Waals surface area (Å²) in [5, 5.41) is 44.1. The Morgan fingerprint density at radius 3 is 2.35 bits per heavy atom. The highest BCUT2D eigenvalue weighted by Crippen LogP contribution is 2.52.